The topological polar surface area (TPSA) is 65.9 Å². The van der Waals surface area contributed by atoms with Crippen molar-refractivity contribution >= 4 is 5.96 Å². The van der Waals surface area contributed by atoms with E-state index in [9.17, 15) is 13.9 Å². The highest BCUT2D eigenvalue weighted by Gasteiger charge is 2.12. The number of hydrogen-bond acceptors (Lipinski definition) is 3. The van der Waals surface area contributed by atoms with Gasteiger partial charge in [-0.25, -0.2) is 8.78 Å². The Morgan fingerprint density at radius 2 is 1.93 bits per heavy atom. The molecule has 27 heavy (non-hydrogen) atoms. The van der Waals surface area contributed by atoms with Gasteiger partial charge in [-0.05, 0) is 49.2 Å². The Bertz CT molecular complexity index is 784. The second-order valence-electron chi connectivity index (χ2n) is 6.05. The van der Waals surface area contributed by atoms with E-state index in [1.54, 1.807) is 31.4 Å². The normalized spacial score (nSPS) is 13.8. The summed E-state index contributed by atoms with van der Waals surface area (Å²) in [5, 5.41) is 16.6. The second kappa shape index (κ2) is 9.87. The number of aliphatic hydroxyl groups excluding tert-OH is 1. The number of methoxy groups -OCH3 is 1. The third-order valence-electron chi connectivity index (χ3n) is 4.04. The van der Waals surface area contributed by atoms with Crippen LogP contribution in [-0.4, -0.2) is 31.3 Å². The lowest BCUT2D eigenvalue weighted by Crippen LogP contribution is -2.39. The smallest absolute Gasteiger partial charge is 0.191 e. The van der Waals surface area contributed by atoms with Crippen LogP contribution in [-0.2, 0) is 0 Å². The Labute approximate surface area is 158 Å². The number of halogens is 2. The van der Waals surface area contributed by atoms with Crippen LogP contribution in [0.5, 0.6) is 5.75 Å². The fourth-order valence-corrected chi connectivity index (χ4v) is 2.52. The molecule has 0 aliphatic rings. The van der Waals surface area contributed by atoms with Gasteiger partial charge in [0.1, 0.15) is 5.75 Å². The first-order chi connectivity index (χ1) is 12.9. The molecule has 0 bridgehead atoms. The van der Waals surface area contributed by atoms with E-state index in [1.807, 2.05) is 13.8 Å². The largest absolute Gasteiger partial charge is 0.497 e. The lowest BCUT2D eigenvalue weighted by atomic mass is 10.1. The molecule has 0 saturated carbocycles. The molecule has 0 saturated heterocycles. The first-order valence-electron chi connectivity index (χ1n) is 8.76. The molecule has 3 N–H and O–H groups in total. The van der Waals surface area contributed by atoms with Crippen molar-refractivity contribution in [2.45, 2.75) is 26.0 Å². The molecule has 5 nitrogen and oxygen atoms in total. The molecule has 2 aromatic carbocycles. The van der Waals surface area contributed by atoms with Gasteiger partial charge >= 0.3 is 0 Å². The Hall–Kier alpha value is -2.67. The number of aliphatic imine (C=N–C) groups is 1. The fourth-order valence-electron chi connectivity index (χ4n) is 2.52. The van der Waals surface area contributed by atoms with E-state index in [0.717, 1.165) is 12.1 Å². The van der Waals surface area contributed by atoms with Gasteiger partial charge in [0.05, 0.1) is 25.8 Å². The minimum absolute atomic E-state index is 0.132. The molecular weight excluding hydrogens is 352 g/mol. The first-order valence-corrected chi connectivity index (χ1v) is 8.76. The monoisotopic (exact) mass is 377 g/mol. The van der Waals surface area contributed by atoms with Crippen LogP contribution in [0, 0.1) is 11.6 Å². The van der Waals surface area contributed by atoms with Crippen molar-refractivity contribution < 1.29 is 18.6 Å². The number of nitrogens with zero attached hydrogens (tertiary/aromatic N) is 1. The molecule has 0 amide bonds. The lowest BCUT2D eigenvalue weighted by molar-refractivity contribution is 0.186. The van der Waals surface area contributed by atoms with E-state index in [1.165, 1.54) is 6.07 Å². The predicted octanol–water partition coefficient (Wildman–Crippen LogP) is 3.32. The van der Waals surface area contributed by atoms with Gasteiger partial charge in [0.15, 0.2) is 17.6 Å². The van der Waals surface area contributed by atoms with Crippen LogP contribution in [0.1, 0.15) is 37.1 Å². The van der Waals surface area contributed by atoms with Gasteiger partial charge in [-0.15, -0.1) is 0 Å². The van der Waals surface area contributed by atoms with Crippen molar-refractivity contribution in [3.8, 4) is 5.75 Å². The Balaban J connectivity index is 2.07. The molecular formula is C20H25F2N3O2. The molecule has 0 aliphatic carbocycles. The van der Waals surface area contributed by atoms with E-state index in [4.69, 9.17) is 4.74 Å². The van der Waals surface area contributed by atoms with E-state index >= 15 is 0 Å². The molecule has 2 unspecified atom stereocenters. The minimum atomic E-state index is -0.892. The van der Waals surface area contributed by atoms with E-state index in [2.05, 4.69) is 15.6 Å². The number of aliphatic hydroxyl groups is 1. The highest BCUT2D eigenvalue weighted by Crippen LogP contribution is 2.19. The molecule has 2 aromatic rings. The molecule has 2 atom stereocenters. The average Bonchev–Trinajstić information content (AvgIpc) is 2.68. The summed E-state index contributed by atoms with van der Waals surface area (Å²) in [7, 11) is 1.57. The summed E-state index contributed by atoms with van der Waals surface area (Å²) in [5.74, 6) is -0.645. The third kappa shape index (κ3) is 5.92. The van der Waals surface area contributed by atoms with Gasteiger partial charge in [0.25, 0.3) is 0 Å². The van der Waals surface area contributed by atoms with E-state index in [-0.39, 0.29) is 12.6 Å². The summed E-state index contributed by atoms with van der Waals surface area (Å²) in [6.45, 7) is 4.48. The van der Waals surface area contributed by atoms with Crippen molar-refractivity contribution in [1.82, 2.24) is 10.6 Å². The van der Waals surface area contributed by atoms with E-state index in [0.29, 0.717) is 29.4 Å². The zero-order chi connectivity index (χ0) is 19.8. The number of benzene rings is 2. The lowest BCUT2D eigenvalue weighted by Gasteiger charge is -2.19. The van der Waals surface area contributed by atoms with Gasteiger partial charge in [0.2, 0.25) is 0 Å². The number of hydrogen-bond donors (Lipinski definition) is 3. The second-order valence-corrected chi connectivity index (χ2v) is 6.05. The summed E-state index contributed by atoms with van der Waals surface area (Å²) >= 11 is 0. The highest BCUT2D eigenvalue weighted by atomic mass is 19.2. The maximum atomic E-state index is 13.4. The van der Waals surface area contributed by atoms with Crippen molar-refractivity contribution in [1.29, 1.82) is 0 Å². The van der Waals surface area contributed by atoms with Crippen LogP contribution in [0.25, 0.3) is 0 Å². The Morgan fingerprint density at radius 1 is 1.15 bits per heavy atom. The predicted molar refractivity (Wildman–Crippen MR) is 102 cm³/mol. The summed E-state index contributed by atoms with van der Waals surface area (Å²) in [4.78, 5) is 4.39. The minimum Gasteiger partial charge on any atom is -0.497 e. The highest BCUT2D eigenvalue weighted by molar-refractivity contribution is 5.80. The number of nitrogens with one attached hydrogen (secondary N) is 2. The molecule has 0 radical (unpaired) electrons. The molecule has 0 fully saturated rings. The zero-order valence-electron chi connectivity index (χ0n) is 15.7. The van der Waals surface area contributed by atoms with Crippen molar-refractivity contribution in [3.63, 3.8) is 0 Å². The average molecular weight is 377 g/mol. The zero-order valence-corrected chi connectivity index (χ0v) is 15.7. The summed E-state index contributed by atoms with van der Waals surface area (Å²) in [6.07, 6.45) is -0.797. The van der Waals surface area contributed by atoms with Crippen LogP contribution >= 0.6 is 0 Å². The fraction of sp³-hybridized carbons (Fsp3) is 0.350. The molecule has 2 rings (SSSR count). The van der Waals surface area contributed by atoms with Crippen LogP contribution < -0.4 is 15.4 Å². The quantitative estimate of drug-likeness (QED) is 0.512. The first kappa shape index (κ1) is 20.6. The molecule has 0 heterocycles. The summed E-state index contributed by atoms with van der Waals surface area (Å²) < 4.78 is 31.7. The van der Waals surface area contributed by atoms with Crippen LogP contribution in [0.4, 0.5) is 8.78 Å². The van der Waals surface area contributed by atoms with Gasteiger partial charge in [-0.3, -0.25) is 4.99 Å². The standard InChI is InChI=1S/C20H25F2N3O2/c1-4-23-20(25-13(2)14-8-9-17(21)18(22)11-14)24-12-19(26)15-6-5-7-16(10-15)27-3/h5-11,13,19,26H,4,12H2,1-3H3,(H2,23,24,25). The van der Waals surface area contributed by atoms with Crippen molar-refractivity contribution in [2.75, 3.05) is 20.2 Å². The number of ether oxygens (including phenoxy) is 1. The number of guanidine groups is 1. The Morgan fingerprint density at radius 3 is 2.59 bits per heavy atom. The SMILES string of the molecule is CCNC(=NCC(O)c1cccc(OC)c1)NC(C)c1ccc(F)c(F)c1. The van der Waals surface area contributed by atoms with Crippen LogP contribution in [0.15, 0.2) is 47.5 Å². The molecule has 0 spiro atoms. The molecule has 0 aliphatic heterocycles. The van der Waals surface area contributed by atoms with Crippen molar-refractivity contribution in [2.24, 2.45) is 4.99 Å². The van der Waals surface area contributed by atoms with Gasteiger partial charge in [0, 0.05) is 6.54 Å². The maximum absolute atomic E-state index is 13.4. The summed E-state index contributed by atoms with van der Waals surface area (Å²) in [6, 6.07) is 10.6. The summed E-state index contributed by atoms with van der Waals surface area (Å²) in [5.41, 5.74) is 1.29. The van der Waals surface area contributed by atoms with Gasteiger partial charge in [-0.1, -0.05) is 18.2 Å². The van der Waals surface area contributed by atoms with Crippen LogP contribution in [0.3, 0.4) is 0 Å². The van der Waals surface area contributed by atoms with Gasteiger partial charge in [-0.2, -0.15) is 0 Å². The van der Waals surface area contributed by atoms with Crippen LogP contribution in [0.2, 0.25) is 0 Å². The molecule has 0 aromatic heterocycles. The number of rotatable bonds is 7. The molecule has 7 heteroatoms. The maximum Gasteiger partial charge on any atom is 0.191 e. The molecule has 146 valence electrons. The van der Waals surface area contributed by atoms with Crippen molar-refractivity contribution in [3.05, 3.63) is 65.2 Å². The van der Waals surface area contributed by atoms with Gasteiger partial charge < -0.3 is 20.5 Å². The Kier molecular flexibility index (Phi) is 7.55. The third-order valence-corrected chi connectivity index (χ3v) is 4.04. The van der Waals surface area contributed by atoms with E-state index < -0.39 is 17.7 Å².